The molecule has 1 aliphatic rings. The van der Waals surface area contributed by atoms with E-state index in [0.717, 1.165) is 12.8 Å². The van der Waals surface area contributed by atoms with E-state index in [9.17, 15) is 14.9 Å². The van der Waals surface area contributed by atoms with Crippen molar-refractivity contribution in [1.29, 1.82) is 0 Å². The second kappa shape index (κ2) is 6.33. The Morgan fingerprint density at radius 2 is 2.19 bits per heavy atom. The summed E-state index contributed by atoms with van der Waals surface area (Å²) in [4.78, 5) is 31.5. The van der Waals surface area contributed by atoms with Crippen molar-refractivity contribution in [2.24, 2.45) is 11.7 Å². The highest BCUT2D eigenvalue weighted by atomic mass is 16.6. The highest BCUT2D eigenvalue weighted by molar-refractivity contribution is 5.74. The minimum atomic E-state index is -0.476. The monoisotopic (exact) mass is 294 g/mol. The fourth-order valence-electron chi connectivity index (χ4n) is 2.59. The van der Waals surface area contributed by atoms with Gasteiger partial charge in [0.2, 0.25) is 17.5 Å². The summed E-state index contributed by atoms with van der Waals surface area (Å²) in [5.74, 6) is 0.448. The van der Waals surface area contributed by atoms with Crippen LogP contribution in [0.1, 0.15) is 19.3 Å². The van der Waals surface area contributed by atoms with E-state index in [1.807, 2.05) is 4.90 Å². The van der Waals surface area contributed by atoms with Crippen LogP contribution in [0.25, 0.3) is 0 Å². The van der Waals surface area contributed by atoms with Crippen molar-refractivity contribution in [2.75, 3.05) is 30.4 Å². The normalized spacial score (nSPS) is 15.8. The molecule has 1 aromatic heterocycles. The molecule has 0 bridgehead atoms. The number of anilines is 2. The fraction of sp³-hybridized carbons (Fsp3) is 0.583. The van der Waals surface area contributed by atoms with Crippen LogP contribution in [0.4, 0.5) is 17.3 Å². The zero-order chi connectivity index (χ0) is 15.4. The van der Waals surface area contributed by atoms with Gasteiger partial charge in [0.25, 0.3) is 0 Å². The Morgan fingerprint density at radius 3 is 2.71 bits per heavy atom. The number of carbonyl (C=O) groups excluding carboxylic acids is 1. The largest absolute Gasteiger partial charge is 0.370 e. The predicted octanol–water partition coefficient (Wildman–Crippen LogP) is 0.518. The number of nitro groups is 1. The number of aromatic nitrogens is 2. The number of nitrogens with two attached hydrogens (primary N) is 1. The standard InChI is InChI=1S/C12H18N6O3/c1-14-11-10(18(20)21)12(16-7-15-11)17-4-2-8(3-5-17)6-9(13)19/h7-8H,2-6H2,1H3,(H2,13,19)(H,14,15,16). The minimum Gasteiger partial charge on any atom is -0.370 e. The summed E-state index contributed by atoms with van der Waals surface area (Å²) in [6, 6.07) is 0. The number of hydrogen-bond donors (Lipinski definition) is 2. The number of piperidine rings is 1. The van der Waals surface area contributed by atoms with Gasteiger partial charge in [0.1, 0.15) is 6.33 Å². The number of nitrogens with zero attached hydrogens (tertiary/aromatic N) is 4. The van der Waals surface area contributed by atoms with Crippen molar-refractivity contribution in [3.05, 3.63) is 16.4 Å². The second-order valence-electron chi connectivity index (χ2n) is 5.00. The molecule has 0 aliphatic carbocycles. The summed E-state index contributed by atoms with van der Waals surface area (Å²) in [5, 5.41) is 14.0. The first-order chi connectivity index (χ1) is 10.0. The third-order valence-electron chi connectivity index (χ3n) is 3.63. The Morgan fingerprint density at radius 1 is 1.52 bits per heavy atom. The van der Waals surface area contributed by atoms with Gasteiger partial charge in [-0.05, 0) is 18.8 Å². The maximum atomic E-state index is 11.3. The highest BCUT2D eigenvalue weighted by Gasteiger charge is 2.29. The lowest BCUT2D eigenvalue weighted by Gasteiger charge is -2.32. The molecule has 0 aromatic carbocycles. The van der Waals surface area contributed by atoms with Crippen molar-refractivity contribution in [2.45, 2.75) is 19.3 Å². The zero-order valence-electron chi connectivity index (χ0n) is 11.8. The molecule has 0 spiro atoms. The minimum absolute atomic E-state index is 0.117. The quantitative estimate of drug-likeness (QED) is 0.598. The molecule has 1 saturated heterocycles. The third-order valence-corrected chi connectivity index (χ3v) is 3.63. The van der Waals surface area contributed by atoms with E-state index in [1.165, 1.54) is 6.33 Å². The summed E-state index contributed by atoms with van der Waals surface area (Å²) in [5.41, 5.74) is 5.08. The lowest BCUT2D eigenvalue weighted by atomic mass is 9.93. The van der Waals surface area contributed by atoms with Crippen LogP contribution in [0, 0.1) is 16.0 Å². The molecule has 0 radical (unpaired) electrons. The molecule has 1 fully saturated rings. The first-order valence-electron chi connectivity index (χ1n) is 6.73. The number of primary amides is 1. The van der Waals surface area contributed by atoms with E-state index in [0.29, 0.717) is 25.3 Å². The van der Waals surface area contributed by atoms with Crippen molar-refractivity contribution < 1.29 is 9.72 Å². The molecule has 1 aliphatic heterocycles. The van der Waals surface area contributed by atoms with Crippen LogP contribution in [-0.4, -0.2) is 40.9 Å². The first-order valence-corrected chi connectivity index (χ1v) is 6.73. The maximum absolute atomic E-state index is 11.3. The van der Waals surface area contributed by atoms with E-state index in [-0.39, 0.29) is 23.3 Å². The second-order valence-corrected chi connectivity index (χ2v) is 5.00. The molecule has 2 rings (SSSR count). The Balaban J connectivity index is 2.17. The molecular weight excluding hydrogens is 276 g/mol. The van der Waals surface area contributed by atoms with Crippen LogP contribution < -0.4 is 16.0 Å². The van der Waals surface area contributed by atoms with E-state index < -0.39 is 4.92 Å². The van der Waals surface area contributed by atoms with Gasteiger partial charge in [-0.25, -0.2) is 9.97 Å². The average Bonchev–Trinajstić information content (AvgIpc) is 2.46. The third kappa shape index (κ3) is 3.36. The number of rotatable bonds is 5. The first kappa shape index (κ1) is 14.9. The van der Waals surface area contributed by atoms with Crippen LogP contribution in [0.15, 0.2) is 6.33 Å². The van der Waals surface area contributed by atoms with Gasteiger partial charge < -0.3 is 16.0 Å². The van der Waals surface area contributed by atoms with Crippen molar-refractivity contribution in [3.63, 3.8) is 0 Å². The van der Waals surface area contributed by atoms with E-state index in [1.54, 1.807) is 7.05 Å². The lowest BCUT2D eigenvalue weighted by Crippen LogP contribution is -2.36. The summed E-state index contributed by atoms with van der Waals surface area (Å²) < 4.78 is 0. The number of hydrogen-bond acceptors (Lipinski definition) is 7. The lowest BCUT2D eigenvalue weighted by molar-refractivity contribution is -0.383. The van der Waals surface area contributed by atoms with Crippen molar-refractivity contribution in [3.8, 4) is 0 Å². The molecule has 9 nitrogen and oxygen atoms in total. The van der Waals surface area contributed by atoms with Gasteiger partial charge in [0, 0.05) is 26.6 Å². The van der Waals surface area contributed by atoms with Gasteiger partial charge in [0.05, 0.1) is 4.92 Å². The van der Waals surface area contributed by atoms with Gasteiger partial charge >= 0.3 is 5.69 Å². The molecule has 21 heavy (non-hydrogen) atoms. The van der Waals surface area contributed by atoms with E-state index in [4.69, 9.17) is 5.73 Å². The Hall–Kier alpha value is -2.45. The van der Waals surface area contributed by atoms with E-state index >= 15 is 0 Å². The molecular formula is C12H18N6O3. The number of amides is 1. The van der Waals surface area contributed by atoms with Crippen LogP contribution in [0.5, 0.6) is 0 Å². The summed E-state index contributed by atoms with van der Waals surface area (Å²) in [6.07, 6.45) is 3.20. The summed E-state index contributed by atoms with van der Waals surface area (Å²) >= 11 is 0. The van der Waals surface area contributed by atoms with Gasteiger partial charge in [0.15, 0.2) is 0 Å². The highest BCUT2D eigenvalue weighted by Crippen LogP contribution is 2.34. The molecule has 0 saturated carbocycles. The smallest absolute Gasteiger partial charge is 0.353 e. The topological polar surface area (TPSA) is 127 Å². The van der Waals surface area contributed by atoms with Gasteiger partial charge in [-0.1, -0.05) is 0 Å². The van der Waals surface area contributed by atoms with Crippen molar-refractivity contribution >= 4 is 23.2 Å². The predicted molar refractivity (Wildman–Crippen MR) is 77.0 cm³/mol. The molecule has 1 aromatic rings. The Kier molecular flexibility index (Phi) is 4.51. The molecule has 114 valence electrons. The SMILES string of the molecule is CNc1ncnc(N2CCC(CC(N)=O)CC2)c1[N+](=O)[O-]. The van der Waals surface area contributed by atoms with Gasteiger partial charge in [-0.3, -0.25) is 14.9 Å². The van der Waals surface area contributed by atoms with E-state index in [2.05, 4.69) is 15.3 Å². The molecule has 1 amide bonds. The molecule has 0 unspecified atom stereocenters. The Bertz CT molecular complexity index is 542. The van der Waals surface area contributed by atoms with Crippen LogP contribution in [0.3, 0.4) is 0 Å². The summed E-state index contributed by atoms with van der Waals surface area (Å²) in [6.45, 7) is 1.22. The van der Waals surface area contributed by atoms with Crippen molar-refractivity contribution in [1.82, 2.24) is 9.97 Å². The average molecular weight is 294 g/mol. The number of carbonyl (C=O) groups is 1. The van der Waals surface area contributed by atoms with Gasteiger partial charge in [-0.15, -0.1) is 0 Å². The molecule has 9 heteroatoms. The zero-order valence-corrected chi connectivity index (χ0v) is 11.8. The van der Waals surface area contributed by atoms with Crippen LogP contribution in [0.2, 0.25) is 0 Å². The van der Waals surface area contributed by atoms with Crippen LogP contribution in [-0.2, 0) is 4.79 Å². The van der Waals surface area contributed by atoms with Crippen LogP contribution >= 0.6 is 0 Å². The fourth-order valence-corrected chi connectivity index (χ4v) is 2.59. The molecule has 3 N–H and O–H groups in total. The maximum Gasteiger partial charge on any atom is 0.353 e. The summed E-state index contributed by atoms with van der Waals surface area (Å²) in [7, 11) is 1.58. The molecule has 0 atom stereocenters. The van der Waals surface area contributed by atoms with Gasteiger partial charge in [-0.2, -0.15) is 0 Å². The molecule has 2 heterocycles. The Labute approximate surface area is 121 Å². The number of nitrogens with one attached hydrogen (secondary N) is 1.